The first-order valence-corrected chi connectivity index (χ1v) is 7.13. The molecule has 22 heavy (non-hydrogen) atoms. The van der Waals surface area contributed by atoms with Crippen molar-refractivity contribution >= 4 is 34.7 Å². The normalized spacial score (nSPS) is 10.3. The maximum atomic E-state index is 6.01. The third-order valence-electron chi connectivity index (χ3n) is 3.05. The van der Waals surface area contributed by atoms with Gasteiger partial charge in [-0.1, -0.05) is 35.9 Å². The van der Waals surface area contributed by atoms with Crippen LogP contribution >= 0.6 is 11.6 Å². The largest absolute Gasteiger partial charge is 0.339 e. The molecule has 0 fully saturated rings. The van der Waals surface area contributed by atoms with Crippen LogP contribution in [-0.2, 0) is 0 Å². The molecule has 110 valence electrons. The van der Waals surface area contributed by atoms with Gasteiger partial charge in [0.15, 0.2) is 5.82 Å². The Hall–Kier alpha value is -2.66. The van der Waals surface area contributed by atoms with E-state index in [9.17, 15) is 0 Å². The van der Waals surface area contributed by atoms with E-state index in [1.165, 1.54) is 0 Å². The molecule has 3 aromatic rings. The minimum Gasteiger partial charge on any atom is -0.339 e. The standard InChI is InChI=1S/C16H14ClN5/c1-11-7-8-12(17)9-14(11)20-16-21-15(10-18-22-16)19-13-5-3-2-4-6-13/h2-10H,1H3,(H2,19,20,21,22). The maximum absolute atomic E-state index is 6.01. The monoisotopic (exact) mass is 311 g/mol. The Morgan fingerprint density at radius 1 is 1.00 bits per heavy atom. The second kappa shape index (κ2) is 6.41. The van der Waals surface area contributed by atoms with Crippen LogP contribution in [0, 0.1) is 6.92 Å². The number of hydrogen-bond acceptors (Lipinski definition) is 5. The van der Waals surface area contributed by atoms with Crippen LogP contribution in [-0.4, -0.2) is 15.2 Å². The van der Waals surface area contributed by atoms with Crippen LogP contribution in [0.4, 0.5) is 23.1 Å². The Morgan fingerprint density at radius 3 is 2.64 bits per heavy atom. The maximum Gasteiger partial charge on any atom is 0.249 e. The van der Waals surface area contributed by atoms with E-state index >= 15 is 0 Å². The molecule has 0 unspecified atom stereocenters. The lowest BCUT2D eigenvalue weighted by atomic mass is 10.2. The van der Waals surface area contributed by atoms with Gasteiger partial charge in [-0.15, -0.1) is 5.10 Å². The SMILES string of the molecule is Cc1ccc(Cl)cc1Nc1nncc(Nc2ccccc2)n1. The number of aromatic nitrogens is 3. The lowest BCUT2D eigenvalue weighted by Gasteiger charge is -2.09. The van der Waals surface area contributed by atoms with E-state index in [1.807, 2.05) is 55.5 Å². The molecule has 0 saturated carbocycles. The van der Waals surface area contributed by atoms with Crippen molar-refractivity contribution < 1.29 is 0 Å². The number of hydrogen-bond donors (Lipinski definition) is 2. The fraction of sp³-hybridized carbons (Fsp3) is 0.0625. The minimum atomic E-state index is 0.409. The molecular formula is C16H14ClN5. The number of halogens is 1. The molecule has 5 nitrogen and oxygen atoms in total. The molecule has 0 aliphatic heterocycles. The molecule has 0 aliphatic rings. The van der Waals surface area contributed by atoms with Crippen molar-refractivity contribution in [3.63, 3.8) is 0 Å². The van der Waals surface area contributed by atoms with Gasteiger partial charge in [0.25, 0.3) is 0 Å². The molecule has 0 atom stereocenters. The number of benzene rings is 2. The summed E-state index contributed by atoms with van der Waals surface area (Å²) in [4.78, 5) is 4.40. The summed E-state index contributed by atoms with van der Waals surface area (Å²) in [6.45, 7) is 1.98. The quantitative estimate of drug-likeness (QED) is 0.751. The smallest absolute Gasteiger partial charge is 0.249 e. The van der Waals surface area contributed by atoms with Crippen LogP contribution in [0.15, 0.2) is 54.7 Å². The lowest BCUT2D eigenvalue weighted by Crippen LogP contribution is -2.03. The van der Waals surface area contributed by atoms with E-state index < -0.39 is 0 Å². The summed E-state index contributed by atoms with van der Waals surface area (Å²) >= 11 is 6.01. The topological polar surface area (TPSA) is 62.7 Å². The summed E-state index contributed by atoms with van der Waals surface area (Å²) in [6.07, 6.45) is 1.57. The van der Waals surface area contributed by atoms with Crippen LogP contribution in [0.2, 0.25) is 5.02 Å². The van der Waals surface area contributed by atoms with E-state index in [0.717, 1.165) is 16.9 Å². The predicted molar refractivity (Wildman–Crippen MR) is 89.0 cm³/mol. The van der Waals surface area contributed by atoms with Gasteiger partial charge in [-0.2, -0.15) is 10.1 Å². The third kappa shape index (κ3) is 3.51. The predicted octanol–water partition coefficient (Wildman–Crippen LogP) is 4.32. The van der Waals surface area contributed by atoms with Gasteiger partial charge in [0.05, 0.1) is 6.20 Å². The van der Waals surface area contributed by atoms with Gasteiger partial charge in [-0.05, 0) is 36.8 Å². The van der Waals surface area contributed by atoms with Crippen molar-refractivity contribution in [2.24, 2.45) is 0 Å². The van der Waals surface area contributed by atoms with Crippen molar-refractivity contribution in [2.75, 3.05) is 10.6 Å². The lowest BCUT2D eigenvalue weighted by molar-refractivity contribution is 0.982. The molecule has 6 heteroatoms. The third-order valence-corrected chi connectivity index (χ3v) is 3.29. The van der Waals surface area contributed by atoms with Gasteiger partial charge < -0.3 is 10.6 Å². The van der Waals surface area contributed by atoms with Crippen molar-refractivity contribution in [1.82, 2.24) is 15.2 Å². The fourth-order valence-electron chi connectivity index (χ4n) is 1.94. The van der Waals surface area contributed by atoms with Gasteiger partial charge in [-0.3, -0.25) is 0 Å². The molecule has 2 aromatic carbocycles. The minimum absolute atomic E-state index is 0.409. The summed E-state index contributed by atoms with van der Waals surface area (Å²) in [5.74, 6) is 1.02. The molecule has 1 aromatic heterocycles. The van der Waals surface area contributed by atoms with Crippen LogP contribution in [0.1, 0.15) is 5.56 Å². The average molecular weight is 312 g/mol. The highest BCUT2D eigenvalue weighted by atomic mass is 35.5. The fourth-order valence-corrected chi connectivity index (χ4v) is 2.11. The molecule has 0 radical (unpaired) electrons. The second-order valence-corrected chi connectivity index (χ2v) is 5.18. The number of aryl methyl sites for hydroxylation is 1. The highest BCUT2D eigenvalue weighted by Crippen LogP contribution is 2.23. The first kappa shape index (κ1) is 14.3. The van der Waals surface area contributed by atoms with E-state index in [-0.39, 0.29) is 0 Å². The zero-order valence-corrected chi connectivity index (χ0v) is 12.7. The van der Waals surface area contributed by atoms with Gasteiger partial charge in [0, 0.05) is 16.4 Å². The Balaban J connectivity index is 1.81. The highest BCUT2D eigenvalue weighted by Gasteiger charge is 2.04. The van der Waals surface area contributed by atoms with Gasteiger partial charge in [-0.25, -0.2) is 0 Å². The summed E-state index contributed by atoms with van der Waals surface area (Å²) in [5, 5.41) is 14.9. The molecule has 1 heterocycles. The molecular weight excluding hydrogens is 298 g/mol. The molecule has 0 bridgehead atoms. The van der Waals surface area contributed by atoms with Crippen molar-refractivity contribution in [3.8, 4) is 0 Å². The van der Waals surface area contributed by atoms with Crippen LogP contribution in [0.5, 0.6) is 0 Å². The van der Waals surface area contributed by atoms with Crippen molar-refractivity contribution in [1.29, 1.82) is 0 Å². The van der Waals surface area contributed by atoms with Crippen molar-refractivity contribution in [2.45, 2.75) is 6.92 Å². The Bertz CT molecular complexity index is 776. The zero-order chi connectivity index (χ0) is 15.4. The molecule has 0 aliphatic carbocycles. The second-order valence-electron chi connectivity index (χ2n) is 4.74. The molecule has 2 N–H and O–H groups in total. The number of nitrogens with one attached hydrogen (secondary N) is 2. The molecule has 3 rings (SSSR count). The molecule has 0 spiro atoms. The molecule has 0 saturated heterocycles. The highest BCUT2D eigenvalue weighted by molar-refractivity contribution is 6.30. The van der Waals surface area contributed by atoms with E-state index in [0.29, 0.717) is 16.8 Å². The van der Waals surface area contributed by atoms with E-state index in [2.05, 4.69) is 25.8 Å². The Kier molecular flexibility index (Phi) is 4.16. The summed E-state index contributed by atoms with van der Waals surface area (Å²) in [5.41, 5.74) is 2.84. The van der Waals surface area contributed by atoms with Gasteiger partial charge in [0.1, 0.15) is 0 Å². The Morgan fingerprint density at radius 2 is 1.82 bits per heavy atom. The van der Waals surface area contributed by atoms with Crippen molar-refractivity contribution in [3.05, 3.63) is 65.3 Å². The number of para-hydroxylation sites is 1. The average Bonchev–Trinajstić information content (AvgIpc) is 2.52. The summed E-state index contributed by atoms with van der Waals surface area (Å²) in [6, 6.07) is 15.4. The van der Waals surface area contributed by atoms with Gasteiger partial charge in [0.2, 0.25) is 5.95 Å². The zero-order valence-electron chi connectivity index (χ0n) is 11.9. The first-order chi connectivity index (χ1) is 10.7. The van der Waals surface area contributed by atoms with Crippen LogP contribution in [0.25, 0.3) is 0 Å². The Labute approximate surface area is 133 Å². The van der Waals surface area contributed by atoms with E-state index in [4.69, 9.17) is 11.6 Å². The number of nitrogens with zero attached hydrogens (tertiary/aromatic N) is 3. The van der Waals surface area contributed by atoms with Crippen LogP contribution in [0.3, 0.4) is 0 Å². The van der Waals surface area contributed by atoms with Gasteiger partial charge >= 0.3 is 0 Å². The van der Waals surface area contributed by atoms with E-state index in [1.54, 1.807) is 6.20 Å². The first-order valence-electron chi connectivity index (χ1n) is 6.76. The van der Waals surface area contributed by atoms with Crippen LogP contribution < -0.4 is 10.6 Å². The summed E-state index contributed by atoms with van der Waals surface area (Å²) in [7, 11) is 0. The number of anilines is 4. The molecule has 0 amide bonds. The summed E-state index contributed by atoms with van der Waals surface area (Å²) < 4.78 is 0. The number of rotatable bonds is 4.